The Bertz CT molecular complexity index is 837. The Morgan fingerprint density at radius 2 is 1.80 bits per heavy atom. The number of aryl methyl sites for hydroxylation is 1. The summed E-state index contributed by atoms with van der Waals surface area (Å²) < 4.78 is 5.11. The highest BCUT2D eigenvalue weighted by molar-refractivity contribution is 5.89. The van der Waals surface area contributed by atoms with Gasteiger partial charge in [-0.15, -0.1) is 0 Å². The lowest BCUT2D eigenvalue weighted by molar-refractivity contribution is -0.140. The van der Waals surface area contributed by atoms with Crippen LogP contribution in [0, 0.1) is 5.92 Å². The number of carboxylic acid groups (broad SMARTS) is 1. The lowest BCUT2D eigenvalue weighted by Gasteiger charge is -2.25. The van der Waals surface area contributed by atoms with Crippen molar-refractivity contribution < 1.29 is 24.5 Å². The van der Waals surface area contributed by atoms with E-state index in [9.17, 15) is 19.8 Å². The van der Waals surface area contributed by atoms with Crippen molar-refractivity contribution in [1.29, 1.82) is 0 Å². The van der Waals surface area contributed by atoms with Crippen molar-refractivity contribution in [3.8, 4) is 5.75 Å². The van der Waals surface area contributed by atoms with Crippen LogP contribution in [0.25, 0.3) is 0 Å². The molecule has 0 heterocycles. The fourth-order valence-electron chi connectivity index (χ4n) is 3.32. The minimum Gasteiger partial charge on any atom is -0.508 e. The van der Waals surface area contributed by atoms with E-state index in [1.54, 1.807) is 13.0 Å². The van der Waals surface area contributed by atoms with E-state index in [0.29, 0.717) is 5.69 Å². The number of amides is 1. The fourth-order valence-corrected chi connectivity index (χ4v) is 3.32. The predicted molar refractivity (Wildman–Crippen MR) is 117 cm³/mol. The van der Waals surface area contributed by atoms with Crippen molar-refractivity contribution in [3.63, 3.8) is 0 Å². The molecule has 6 heteroatoms. The van der Waals surface area contributed by atoms with E-state index < -0.39 is 18.0 Å². The molecule has 0 saturated carbocycles. The van der Waals surface area contributed by atoms with Crippen LogP contribution < -0.4 is 4.90 Å². The van der Waals surface area contributed by atoms with E-state index >= 15 is 0 Å². The molecule has 2 rings (SSSR count). The standard InChI is InChI=1S/C24H31NO5/c1-4-30-24(29)25(16-18(3)23(27)28)21-13-20(14-22(26)15-21)17(2)9-8-12-19-10-6-5-7-11-19/h5-7,10-11,13-15,17-18,26H,4,8-9,12,16H2,1-3H3,(H,27,28). The summed E-state index contributed by atoms with van der Waals surface area (Å²) in [6, 6.07) is 15.3. The van der Waals surface area contributed by atoms with Crippen molar-refractivity contribution >= 4 is 17.7 Å². The Labute approximate surface area is 178 Å². The summed E-state index contributed by atoms with van der Waals surface area (Å²) in [6.07, 6.45) is 2.26. The summed E-state index contributed by atoms with van der Waals surface area (Å²) in [5.74, 6) is -1.57. The Balaban J connectivity index is 2.16. The number of phenols is 1. The molecular weight excluding hydrogens is 382 g/mol. The molecule has 30 heavy (non-hydrogen) atoms. The Kier molecular flexibility index (Phi) is 8.71. The van der Waals surface area contributed by atoms with Gasteiger partial charge in [0.15, 0.2) is 0 Å². The van der Waals surface area contributed by atoms with Gasteiger partial charge in [0.25, 0.3) is 0 Å². The lowest BCUT2D eigenvalue weighted by Crippen LogP contribution is -2.37. The highest BCUT2D eigenvalue weighted by Crippen LogP contribution is 2.31. The van der Waals surface area contributed by atoms with Gasteiger partial charge in [0, 0.05) is 12.6 Å². The Morgan fingerprint density at radius 1 is 1.10 bits per heavy atom. The van der Waals surface area contributed by atoms with Gasteiger partial charge in [-0.05, 0) is 55.4 Å². The number of hydrogen-bond donors (Lipinski definition) is 2. The van der Waals surface area contributed by atoms with Crippen molar-refractivity contribution in [2.45, 2.75) is 46.0 Å². The highest BCUT2D eigenvalue weighted by atomic mass is 16.6. The van der Waals surface area contributed by atoms with Crippen LogP contribution in [0.4, 0.5) is 10.5 Å². The lowest BCUT2D eigenvalue weighted by atomic mass is 9.93. The molecule has 0 aliphatic heterocycles. The van der Waals surface area contributed by atoms with Crippen molar-refractivity contribution in [1.82, 2.24) is 0 Å². The maximum absolute atomic E-state index is 12.5. The topological polar surface area (TPSA) is 87.1 Å². The average Bonchev–Trinajstić information content (AvgIpc) is 2.72. The van der Waals surface area contributed by atoms with Crippen molar-refractivity contribution in [2.24, 2.45) is 5.92 Å². The molecule has 1 amide bonds. The SMILES string of the molecule is CCOC(=O)N(CC(C)C(=O)O)c1cc(O)cc(C(C)CCCc2ccccc2)c1. The van der Waals surface area contributed by atoms with E-state index in [0.717, 1.165) is 24.8 Å². The first-order valence-corrected chi connectivity index (χ1v) is 10.4. The van der Waals surface area contributed by atoms with Gasteiger partial charge in [0.1, 0.15) is 5.75 Å². The maximum atomic E-state index is 12.5. The summed E-state index contributed by atoms with van der Waals surface area (Å²) in [5.41, 5.74) is 2.62. The van der Waals surface area contributed by atoms with E-state index in [-0.39, 0.29) is 24.8 Å². The molecule has 6 nitrogen and oxygen atoms in total. The zero-order valence-electron chi connectivity index (χ0n) is 17.9. The number of carbonyl (C=O) groups excluding carboxylic acids is 1. The number of carboxylic acids is 1. The zero-order valence-corrected chi connectivity index (χ0v) is 17.9. The van der Waals surface area contributed by atoms with Crippen LogP contribution in [0.3, 0.4) is 0 Å². The number of carbonyl (C=O) groups is 2. The molecule has 0 aliphatic carbocycles. The van der Waals surface area contributed by atoms with Crippen LogP contribution in [0.1, 0.15) is 50.7 Å². The maximum Gasteiger partial charge on any atom is 0.414 e. The third-order valence-electron chi connectivity index (χ3n) is 5.12. The van der Waals surface area contributed by atoms with E-state index in [2.05, 4.69) is 19.1 Å². The number of nitrogens with zero attached hydrogens (tertiary/aromatic N) is 1. The molecule has 0 aliphatic rings. The fraction of sp³-hybridized carbons (Fsp3) is 0.417. The average molecular weight is 414 g/mol. The van der Waals surface area contributed by atoms with Gasteiger partial charge >= 0.3 is 12.1 Å². The summed E-state index contributed by atoms with van der Waals surface area (Å²) >= 11 is 0. The number of rotatable bonds is 10. The number of aliphatic carboxylic acids is 1. The summed E-state index contributed by atoms with van der Waals surface area (Å²) in [6.45, 7) is 5.44. The monoisotopic (exact) mass is 413 g/mol. The normalized spacial score (nSPS) is 12.8. The van der Waals surface area contributed by atoms with Crippen LogP contribution in [-0.2, 0) is 16.0 Å². The molecule has 0 aromatic heterocycles. The summed E-state index contributed by atoms with van der Waals surface area (Å²) in [7, 11) is 0. The van der Waals surface area contributed by atoms with Crippen LogP contribution >= 0.6 is 0 Å². The first-order valence-electron chi connectivity index (χ1n) is 10.4. The number of phenolic OH excluding ortho intramolecular Hbond substituents is 1. The zero-order chi connectivity index (χ0) is 22.1. The molecule has 0 radical (unpaired) electrons. The van der Waals surface area contributed by atoms with Crippen LogP contribution in [0.15, 0.2) is 48.5 Å². The van der Waals surface area contributed by atoms with Crippen LogP contribution in [0.2, 0.25) is 0 Å². The molecule has 0 bridgehead atoms. The second-order valence-corrected chi connectivity index (χ2v) is 7.61. The third kappa shape index (κ3) is 6.79. The number of ether oxygens (including phenoxy) is 1. The number of anilines is 1. The largest absolute Gasteiger partial charge is 0.508 e. The Morgan fingerprint density at radius 3 is 2.43 bits per heavy atom. The van der Waals surface area contributed by atoms with Gasteiger partial charge in [-0.2, -0.15) is 0 Å². The van der Waals surface area contributed by atoms with Gasteiger partial charge in [-0.1, -0.05) is 44.2 Å². The summed E-state index contributed by atoms with van der Waals surface area (Å²) in [5, 5.41) is 19.5. The second kappa shape index (κ2) is 11.2. The van der Waals surface area contributed by atoms with Gasteiger partial charge in [0.2, 0.25) is 0 Å². The first kappa shape index (κ1) is 23.3. The predicted octanol–water partition coefficient (Wildman–Crippen LogP) is 5.20. The minimum absolute atomic E-state index is 0.0367. The van der Waals surface area contributed by atoms with Gasteiger partial charge in [-0.3, -0.25) is 9.69 Å². The van der Waals surface area contributed by atoms with Crippen LogP contribution in [0.5, 0.6) is 5.75 Å². The van der Waals surface area contributed by atoms with Crippen LogP contribution in [-0.4, -0.2) is 35.4 Å². The molecule has 0 spiro atoms. The molecule has 2 aromatic rings. The third-order valence-corrected chi connectivity index (χ3v) is 5.12. The quantitative estimate of drug-likeness (QED) is 0.559. The molecular formula is C24H31NO5. The summed E-state index contributed by atoms with van der Waals surface area (Å²) in [4.78, 5) is 25.0. The molecule has 0 saturated heterocycles. The smallest absolute Gasteiger partial charge is 0.414 e. The number of benzene rings is 2. The van der Waals surface area contributed by atoms with Gasteiger partial charge in [-0.25, -0.2) is 4.79 Å². The minimum atomic E-state index is -1.00. The molecule has 0 fully saturated rings. The molecule has 2 atom stereocenters. The van der Waals surface area contributed by atoms with E-state index in [1.807, 2.05) is 24.3 Å². The molecule has 2 unspecified atom stereocenters. The molecule has 162 valence electrons. The number of hydrogen-bond acceptors (Lipinski definition) is 4. The van der Waals surface area contributed by atoms with E-state index in [4.69, 9.17) is 4.74 Å². The van der Waals surface area contributed by atoms with Crippen molar-refractivity contribution in [2.75, 3.05) is 18.1 Å². The van der Waals surface area contributed by atoms with Crippen molar-refractivity contribution in [3.05, 3.63) is 59.7 Å². The second-order valence-electron chi connectivity index (χ2n) is 7.61. The number of aromatic hydroxyl groups is 1. The molecule has 2 N–H and O–H groups in total. The van der Waals surface area contributed by atoms with Gasteiger partial charge < -0.3 is 14.9 Å². The van der Waals surface area contributed by atoms with E-state index in [1.165, 1.54) is 23.5 Å². The van der Waals surface area contributed by atoms with Gasteiger partial charge in [0.05, 0.1) is 18.2 Å². The molecule has 2 aromatic carbocycles. The highest BCUT2D eigenvalue weighted by Gasteiger charge is 2.24. The Hall–Kier alpha value is -3.02. The first-order chi connectivity index (χ1) is 14.3.